The molecule has 0 aliphatic heterocycles. The number of unbranched alkanes of at least 4 members (excludes halogenated alkanes) is 4. The van der Waals surface area contributed by atoms with Crippen LogP contribution in [0.4, 0.5) is 0 Å². The summed E-state index contributed by atoms with van der Waals surface area (Å²) in [6.45, 7) is 4.07. The van der Waals surface area contributed by atoms with Gasteiger partial charge in [-0.2, -0.15) is 0 Å². The molecular formula is C16H35ClN2O3. The summed E-state index contributed by atoms with van der Waals surface area (Å²) in [6, 6.07) is 0. The van der Waals surface area contributed by atoms with E-state index in [-0.39, 0.29) is 24.9 Å². The molecule has 0 aromatic heterocycles. The van der Waals surface area contributed by atoms with Crippen molar-refractivity contribution < 1.29 is 31.9 Å². The first-order valence-electron chi connectivity index (χ1n) is 8.29. The Kier molecular flexibility index (Phi) is 15.5. The maximum Gasteiger partial charge on any atom is 0.219 e. The van der Waals surface area contributed by atoms with E-state index in [0.29, 0.717) is 24.0 Å². The van der Waals surface area contributed by atoms with Crippen molar-refractivity contribution in [2.45, 2.75) is 58.0 Å². The van der Waals surface area contributed by atoms with Gasteiger partial charge in [0.2, 0.25) is 5.91 Å². The van der Waals surface area contributed by atoms with Crippen LogP contribution in [0.2, 0.25) is 0 Å². The van der Waals surface area contributed by atoms with Crippen LogP contribution < -0.4 is 17.7 Å². The molecule has 0 saturated carbocycles. The predicted octanol–water partition coefficient (Wildman–Crippen LogP) is -1.71. The van der Waals surface area contributed by atoms with Gasteiger partial charge in [-0.3, -0.25) is 4.79 Å². The predicted molar refractivity (Wildman–Crippen MR) is 85.9 cm³/mol. The Labute approximate surface area is 142 Å². The molecule has 6 heteroatoms. The molecule has 0 aliphatic carbocycles. The number of carbonyl (C=O) groups excluding carboxylic acids is 1. The number of nitrogens with one attached hydrogen (secondary N) is 1. The average Bonchev–Trinajstić information content (AvgIpc) is 2.43. The topological polar surface area (TPSA) is 69.6 Å². The van der Waals surface area contributed by atoms with Crippen LogP contribution in [0.25, 0.3) is 0 Å². The molecular weight excluding hydrogens is 304 g/mol. The Morgan fingerprint density at radius 1 is 1.14 bits per heavy atom. The summed E-state index contributed by atoms with van der Waals surface area (Å²) >= 11 is 0. The number of aliphatic hydroxyl groups is 2. The molecule has 0 spiro atoms. The summed E-state index contributed by atoms with van der Waals surface area (Å²) in [6.07, 6.45) is 6.68. The van der Waals surface area contributed by atoms with Crippen molar-refractivity contribution in [1.82, 2.24) is 5.32 Å². The zero-order chi connectivity index (χ0) is 16.1. The van der Waals surface area contributed by atoms with Gasteiger partial charge >= 0.3 is 0 Å². The van der Waals surface area contributed by atoms with Crippen molar-refractivity contribution in [1.29, 1.82) is 0 Å². The van der Waals surface area contributed by atoms with Gasteiger partial charge in [-0.05, 0) is 6.42 Å². The van der Waals surface area contributed by atoms with Crippen molar-refractivity contribution in [3.05, 3.63) is 0 Å². The second kappa shape index (κ2) is 14.2. The summed E-state index contributed by atoms with van der Waals surface area (Å²) < 4.78 is 0.647. The van der Waals surface area contributed by atoms with Gasteiger partial charge in [-0.15, -0.1) is 0 Å². The minimum atomic E-state index is -0.669. The molecule has 0 heterocycles. The van der Waals surface area contributed by atoms with Crippen molar-refractivity contribution in [3.63, 3.8) is 0 Å². The van der Waals surface area contributed by atoms with Crippen LogP contribution >= 0.6 is 0 Å². The molecule has 5 nitrogen and oxygen atoms in total. The zero-order valence-corrected chi connectivity index (χ0v) is 15.2. The molecule has 0 aromatic carbocycles. The van der Waals surface area contributed by atoms with E-state index in [1.54, 1.807) is 0 Å². The number of likely N-dealkylation sites (N-methyl/N-ethyl adjacent to an activating group) is 1. The van der Waals surface area contributed by atoms with Gasteiger partial charge in [0.1, 0.15) is 12.6 Å². The van der Waals surface area contributed by atoms with Crippen LogP contribution in [0, 0.1) is 0 Å². The summed E-state index contributed by atoms with van der Waals surface area (Å²) in [5.41, 5.74) is 0. The Morgan fingerprint density at radius 3 is 2.36 bits per heavy atom. The molecule has 1 atom stereocenters. The number of hydrogen-bond donors (Lipinski definition) is 3. The fraction of sp³-hybridized carbons (Fsp3) is 0.938. The van der Waals surface area contributed by atoms with Crippen molar-refractivity contribution >= 4 is 5.91 Å². The molecule has 0 radical (unpaired) electrons. The van der Waals surface area contributed by atoms with Crippen molar-refractivity contribution in [2.75, 3.05) is 40.3 Å². The lowest BCUT2D eigenvalue weighted by Crippen LogP contribution is -3.00. The minimum absolute atomic E-state index is 0. The van der Waals surface area contributed by atoms with Gasteiger partial charge in [-0.1, -0.05) is 32.6 Å². The molecule has 1 amide bonds. The molecule has 22 heavy (non-hydrogen) atoms. The van der Waals surface area contributed by atoms with Crippen LogP contribution in [0.5, 0.6) is 0 Å². The smallest absolute Gasteiger partial charge is 0.219 e. The molecule has 3 N–H and O–H groups in total. The molecule has 0 aromatic rings. The van der Waals surface area contributed by atoms with E-state index in [1.807, 2.05) is 14.1 Å². The summed E-state index contributed by atoms with van der Waals surface area (Å²) in [4.78, 5) is 11.6. The molecule has 0 saturated heterocycles. The fourth-order valence-corrected chi connectivity index (χ4v) is 2.43. The van der Waals surface area contributed by atoms with Gasteiger partial charge in [0.05, 0.1) is 27.2 Å². The molecule has 0 aliphatic rings. The van der Waals surface area contributed by atoms with E-state index >= 15 is 0 Å². The molecule has 0 rings (SSSR count). The van der Waals surface area contributed by atoms with Gasteiger partial charge in [0.25, 0.3) is 0 Å². The first kappa shape index (κ1) is 23.9. The van der Waals surface area contributed by atoms with Crippen LogP contribution in [0.3, 0.4) is 0 Å². The Balaban J connectivity index is 0. The quantitative estimate of drug-likeness (QED) is 0.277. The van der Waals surface area contributed by atoms with E-state index in [4.69, 9.17) is 5.11 Å². The normalized spacial score (nSPS) is 12.6. The Bertz CT molecular complexity index is 276. The number of hydrogen-bond acceptors (Lipinski definition) is 3. The second-order valence-electron chi connectivity index (χ2n) is 6.55. The second-order valence-corrected chi connectivity index (χ2v) is 6.55. The van der Waals surface area contributed by atoms with E-state index in [9.17, 15) is 9.90 Å². The highest BCUT2D eigenvalue weighted by Gasteiger charge is 2.19. The third-order valence-corrected chi connectivity index (χ3v) is 3.69. The average molecular weight is 339 g/mol. The van der Waals surface area contributed by atoms with Crippen molar-refractivity contribution in [2.24, 2.45) is 0 Å². The molecule has 0 bridgehead atoms. The number of aliphatic hydroxyl groups excluding tert-OH is 2. The van der Waals surface area contributed by atoms with Gasteiger partial charge in [-0.25, -0.2) is 0 Å². The van der Waals surface area contributed by atoms with E-state index < -0.39 is 6.10 Å². The van der Waals surface area contributed by atoms with Crippen LogP contribution in [0.1, 0.15) is 51.9 Å². The lowest BCUT2D eigenvalue weighted by Gasteiger charge is -2.31. The van der Waals surface area contributed by atoms with Gasteiger partial charge in [0.15, 0.2) is 0 Å². The van der Waals surface area contributed by atoms with Crippen LogP contribution in [-0.2, 0) is 4.79 Å². The largest absolute Gasteiger partial charge is 1.00 e. The number of nitrogens with zero attached hydrogens (tertiary/aromatic N) is 1. The van der Waals surface area contributed by atoms with E-state index in [2.05, 4.69) is 12.2 Å². The number of amides is 1. The Hall–Kier alpha value is -0.360. The summed E-state index contributed by atoms with van der Waals surface area (Å²) in [7, 11) is 4.04. The zero-order valence-electron chi connectivity index (χ0n) is 14.5. The summed E-state index contributed by atoms with van der Waals surface area (Å²) in [5.74, 6) is 0.146. The van der Waals surface area contributed by atoms with E-state index in [0.717, 1.165) is 25.8 Å². The summed E-state index contributed by atoms with van der Waals surface area (Å²) in [5, 5.41) is 21.3. The highest BCUT2D eigenvalue weighted by atomic mass is 35.5. The third-order valence-electron chi connectivity index (χ3n) is 3.69. The minimum Gasteiger partial charge on any atom is -1.00 e. The number of quaternary nitrogens is 1. The van der Waals surface area contributed by atoms with Crippen LogP contribution in [-0.4, -0.2) is 67.0 Å². The molecule has 1 unspecified atom stereocenters. The number of rotatable bonds is 13. The number of carbonyl (C=O) groups is 1. The van der Waals surface area contributed by atoms with E-state index in [1.165, 1.54) is 19.3 Å². The Morgan fingerprint density at radius 2 is 1.77 bits per heavy atom. The molecule has 134 valence electrons. The highest BCUT2D eigenvalue weighted by molar-refractivity contribution is 5.75. The first-order chi connectivity index (χ1) is 9.91. The van der Waals surface area contributed by atoms with Crippen molar-refractivity contribution in [3.8, 4) is 0 Å². The SMILES string of the molecule is CCCCCCCC(=O)NCCC[N+](C)(C)CC(O)CO.[Cl-]. The van der Waals surface area contributed by atoms with Gasteiger partial charge < -0.3 is 32.4 Å². The monoisotopic (exact) mass is 338 g/mol. The fourth-order valence-electron chi connectivity index (χ4n) is 2.43. The standard InChI is InChI=1S/C16H34N2O3.ClH/c1-4-5-6-7-8-10-16(21)17-11-9-12-18(2,3)13-15(20)14-19;/h15,19-20H,4-14H2,1-3H3;1H. The number of halogens is 1. The van der Waals surface area contributed by atoms with Gasteiger partial charge in [0, 0.05) is 19.4 Å². The maximum atomic E-state index is 11.6. The maximum absolute atomic E-state index is 11.6. The lowest BCUT2D eigenvalue weighted by molar-refractivity contribution is -0.893. The first-order valence-corrected chi connectivity index (χ1v) is 8.29. The lowest BCUT2D eigenvalue weighted by atomic mass is 10.1. The third kappa shape index (κ3) is 14.6. The highest BCUT2D eigenvalue weighted by Crippen LogP contribution is 2.05. The molecule has 0 fully saturated rings. The van der Waals surface area contributed by atoms with Crippen LogP contribution in [0.15, 0.2) is 0 Å².